The molecule has 0 aromatic heterocycles. The first-order valence-electron chi connectivity index (χ1n) is 7.92. The molecule has 0 saturated carbocycles. The van der Waals surface area contributed by atoms with Gasteiger partial charge in [0.2, 0.25) is 5.91 Å². The van der Waals surface area contributed by atoms with Gasteiger partial charge in [-0.05, 0) is 56.0 Å². The smallest absolute Gasteiger partial charge is 0.226 e. The Kier molecular flexibility index (Phi) is 6.52. The highest BCUT2D eigenvalue weighted by Crippen LogP contribution is 2.14. The van der Waals surface area contributed by atoms with Crippen molar-refractivity contribution >= 4 is 17.5 Å². The number of halogens is 1. The summed E-state index contributed by atoms with van der Waals surface area (Å²) >= 11 is 5.89. The Labute approximate surface area is 132 Å². The maximum atomic E-state index is 12.5. The molecule has 1 aromatic rings. The number of amides is 1. The quantitative estimate of drug-likeness (QED) is 0.875. The van der Waals surface area contributed by atoms with Gasteiger partial charge in [0.1, 0.15) is 0 Å². The first kappa shape index (κ1) is 16.3. The fourth-order valence-corrected chi connectivity index (χ4v) is 2.99. The van der Waals surface area contributed by atoms with E-state index in [1.807, 2.05) is 29.2 Å². The van der Waals surface area contributed by atoms with Gasteiger partial charge in [0, 0.05) is 18.1 Å². The topological polar surface area (TPSA) is 32.3 Å². The normalized spacial score (nSPS) is 18.5. The van der Waals surface area contributed by atoms with Crippen LogP contribution in [0.2, 0.25) is 5.02 Å². The predicted molar refractivity (Wildman–Crippen MR) is 87.6 cm³/mol. The van der Waals surface area contributed by atoms with Crippen molar-refractivity contribution in [3.63, 3.8) is 0 Å². The van der Waals surface area contributed by atoms with E-state index >= 15 is 0 Å². The second kappa shape index (κ2) is 8.40. The summed E-state index contributed by atoms with van der Waals surface area (Å²) in [7, 11) is 0. The van der Waals surface area contributed by atoms with Crippen molar-refractivity contribution in [2.45, 2.75) is 32.6 Å². The summed E-state index contributed by atoms with van der Waals surface area (Å²) in [5.41, 5.74) is 1.03. The summed E-state index contributed by atoms with van der Waals surface area (Å²) in [6, 6.07) is 7.57. The second-order valence-electron chi connectivity index (χ2n) is 5.86. The SMILES string of the molecule is CCCN(CC1CCCNC1)C(=O)Cc1ccc(Cl)cc1. The van der Waals surface area contributed by atoms with Crippen LogP contribution in [0.15, 0.2) is 24.3 Å². The summed E-state index contributed by atoms with van der Waals surface area (Å²) in [6.45, 7) is 6.01. The number of carbonyl (C=O) groups excluding carboxylic acids is 1. The average molecular weight is 309 g/mol. The molecule has 1 atom stereocenters. The fourth-order valence-electron chi connectivity index (χ4n) is 2.87. The molecular formula is C17H25ClN2O. The van der Waals surface area contributed by atoms with Gasteiger partial charge in [-0.2, -0.15) is 0 Å². The summed E-state index contributed by atoms with van der Waals surface area (Å²) in [5.74, 6) is 0.823. The van der Waals surface area contributed by atoms with Crippen molar-refractivity contribution < 1.29 is 4.79 Å². The van der Waals surface area contributed by atoms with Gasteiger partial charge in [0.15, 0.2) is 0 Å². The standard InChI is InChI=1S/C17H25ClN2O/c1-2-10-20(13-15-4-3-9-19-12-15)17(21)11-14-5-7-16(18)8-6-14/h5-8,15,19H,2-4,9-13H2,1H3. The highest BCUT2D eigenvalue weighted by atomic mass is 35.5. The van der Waals surface area contributed by atoms with Crippen molar-refractivity contribution in [3.05, 3.63) is 34.9 Å². The van der Waals surface area contributed by atoms with Gasteiger partial charge in [0.05, 0.1) is 6.42 Å². The first-order chi connectivity index (χ1) is 10.2. The van der Waals surface area contributed by atoms with Crippen LogP contribution in [0.4, 0.5) is 0 Å². The van der Waals surface area contributed by atoms with Crippen molar-refractivity contribution in [1.29, 1.82) is 0 Å². The van der Waals surface area contributed by atoms with Crippen LogP contribution in [0.25, 0.3) is 0 Å². The van der Waals surface area contributed by atoms with Crippen LogP contribution < -0.4 is 5.32 Å². The lowest BCUT2D eigenvalue weighted by molar-refractivity contribution is -0.131. The van der Waals surface area contributed by atoms with Gasteiger partial charge in [0.25, 0.3) is 0 Å². The molecular weight excluding hydrogens is 284 g/mol. The molecule has 2 rings (SSSR count). The van der Waals surface area contributed by atoms with Gasteiger partial charge < -0.3 is 10.2 Å². The number of carbonyl (C=O) groups is 1. The zero-order valence-electron chi connectivity index (χ0n) is 12.8. The highest BCUT2D eigenvalue weighted by Gasteiger charge is 2.20. The van der Waals surface area contributed by atoms with E-state index in [0.717, 1.165) is 38.2 Å². The number of benzene rings is 1. The molecule has 21 heavy (non-hydrogen) atoms. The molecule has 1 saturated heterocycles. The van der Waals surface area contributed by atoms with Gasteiger partial charge in [-0.15, -0.1) is 0 Å². The van der Waals surface area contributed by atoms with Crippen molar-refractivity contribution in [2.24, 2.45) is 5.92 Å². The zero-order valence-corrected chi connectivity index (χ0v) is 13.5. The third kappa shape index (κ3) is 5.33. The molecule has 0 aliphatic carbocycles. The Balaban J connectivity index is 1.92. The van der Waals surface area contributed by atoms with E-state index in [1.165, 1.54) is 12.8 Å². The monoisotopic (exact) mass is 308 g/mol. The van der Waals surface area contributed by atoms with Crippen LogP contribution in [-0.4, -0.2) is 37.0 Å². The van der Waals surface area contributed by atoms with E-state index in [0.29, 0.717) is 17.4 Å². The molecule has 0 bridgehead atoms. The van der Waals surface area contributed by atoms with Crippen LogP contribution >= 0.6 is 11.6 Å². The summed E-state index contributed by atoms with van der Waals surface area (Å²) in [5, 5.41) is 4.14. The lowest BCUT2D eigenvalue weighted by atomic mass is 9.98. The van der Waals surface area contributed by atoms with E-state index in [-0.39, 0.29) is 5.91 Å². The molecule has 0 radical (unpaired) electrons. The first-order valence-corrected chi connectivity index (χ1v) is 8.29. The third-order valence-corrected chi connectivity index (χ3v) is 4.24. The van der Waals surface area contributed by atoms with Gasteiger partial charge in [-0.1, -0.05) is 30.7 Å². The second-order valence-corrected chi connectivity index (χ2v) is 6.29. The number of hydrogen-bond acceptors (Lipinski definition) is 2. The number of hydrogen-bond donors (Lipinski definition) is 1. The Morgan fingerprint density at radius 1 is 1.38 bits per heavy atom. The van der Waals surface area contributed by atoms with E-state index in [9.17, 15) is 4.79 Å². The largest absolute Gasteiger partial charge is 0.342 e. The van der Waals surface area contributed by atoms with Crippen LogP contribution in [0, 0.1) is 5.92 Å². The summed E-state index contributed by atoms with van der Waals surface area (Å²) in [6.07, 6.45) is 3.92. The summed E-state index contributed by atoms with van der Waals surface area (Å²) < 4.78 is 0. The number of nitrogens with one attached hydrogen (secondary N) is 1. The number of piperidine rings is 1. The van der Waals surface area contributed by atoms with Crippen molar-refractivity contribution in [3.8, 4) is 0 Å². The van der Waals surface area contributed by atoms with E-state index in [4.69, 9.17) is 11.6 Å². The number of nitrogens with zero attached hydrogens (tertiary/aromatic N) is 1. The molecule has 1 unspecified atom stereocenters. The average Bonchev–Trinajstić information content (AvgIpc) is 2.50. The molecule has 1 N–H and O–H groups in total. The lowest BCUT2D eigenvalue weighted by Crippen LogP contribution is -2.42. The van der Waals surface area contributed by atoms with Crippen LogP contribution in [0.3, 0.4) is 0 Å². The van der Waals surface area contributed by atoms with Gasteiger partial charge in [-0.3, -0.25) is 4.79 Å². The minimum absolute atomic E-state index is 0.227. The molecule has 3 nitrogen and oxygen atoms in total. The Bertz CT molecular complexity index is 441. The zero-order chi connectivity index (χ0) is 15.1. The van der Waals surface area contributed by atoms with E-state index < -0.39 is 0 Å². The molecule has 1 heterocycles. The van der Waals surface area contributed by atoms with Crippen LogP contribution in [0.5, 0.6) is 0 Å². The van der Waals surface area contributed by atoms with Crippen LogP contribution in [-0.2, 0) is 11.2 Å². The maximum Gasteiger partial charge on any atom is 0.226 e. The molecule has 116 valence electrons. The van der Waals surface area contributed by atoms with Crippen molar-refractivity contribution in [2.75, 3.05) is 26.2 Å². The molecule has 1 fully saturated rings. The minimum Gasteiger partial charge on any atom is -0.342 e. The van der Waals surface area contributed by atoms with E-state index in [1.54, 1.807) is 0 Å². The number of rotatable bonds is 6. The van der Waals surface area contributed by atoms with Crippen LogP contribution in [0.1, 0.15) is 31.7 Å². The Hall–Kier alpha value is -1.06. The minimum atomic E-state index is 0.227. The Morgan fingerprint density at radius 3 is 2.76 bits per heavy atom. The Morgan fingerprint density at radius 2 is 2.14 bits per heavy atom. The fraction of sp³-hybridized carbons (Fsp3) is 0.588. The molecule has 1 amide bonds. The van der Waals surface area contributed by atoms with Crippen molar-refractivity contribution in [1.82, 2.24) is 10.2 Å². The highest BCUT2D eigenvalue weighted by molar-refractivity contribution is 6.30. The molecule has 1 aliphatic heterocycles. The van der Waals surface area contributed by atoms with E-state index in [2.05, 4.69) is 12.2 Å². The molecule has 1 aromatic carbocycles. The maximum absolute atomic E-state index is 12.5. The lowest BCUT2D eigenvalue weighted by Gasteiger charge is -2.30. The molecule has 0 spiro atoms. The molecule has 1 aliphatic rings. The van der Waals surface area contributed by atoms with Gasteiger partial charge >= 0.3 is 0 Å². The third-order valence-electron chi connectivity index (χ3n) is 3.99. The van der Waals surface area contributed by atoms with Gasteiger partial charge in [-0.25, -0.2) is 0 Å². The molecule has 4 heteroatoms. The summed E-state index contributed by atoms with van der Waals surface area (Å²) in [4.78, 5) is 14.6. The predicted octanol–water partition coefficient (Wildman–Crippen LogP) is 3.12.